The molecular weight excluding hydrogens is 404 g/mol. The van der Waals surface area contributed by atoms with E-state index in [0.717, 1.165) is 38.4 Å². The van der Waals surface area contributed by atoms with Crippen LogP contribution in [0.2, 0.25) is 6.04 Å². The minimum Gasteiger partial charge on any atom is -0.374 e. The molecule has 6 heteroatoms. The molecule has 31 heavy (non-hydrogen) atoms. The second-order valence-corrected chi connectivity index (χ2v) is 10.5. The molecule has 0 N–H and O–H groups in total. The molecule has 2 rings (SSSR count). The maximum atomic E-state index is 5.94. The summed E-state index contributed by atoms with van der Waals surface area (Å²) in [6.45, 7) is 12.3. The lowest BCUT2D eigenvalue weighted by molar-refractivity contribution is -0.697. The van der Waals surface area contributed by atoms with E-state index in [4.69, 9.17) is 13.3 Å². The standard InChI is InChI=1S/C25H42N2O3Si/c1-5-9-17-26-19-13-24(14-20-26)25-15-21-27(22-16-25)18-11-10-12-23-31(28-6-2,29-7-3)30-8-4/h13-16,19-22H,5-12,17-18,23H2,1-4H3/q+2. The van der Waals surface area contributed by atoms with E-state index in [2.05, 4.69) is 65.1 Å². The zero-order chi connectivity index (χ0) is 22.4. The van der Waals surface area contributed by atoms with Crippen molar-refractivity contribution in [2.75, 3.05) is 19.8 Å². The van der Waals surface area contributed by atoms with E-state index in [-0.39, 0.29) is 0 Å². The molecule has 0 aliphatic heterocycles. The van der Waals surface area contributed by atoms with E-state index in [1.165, 1.54) is 24.0 Å². The van der Waals surface area contributed by atoms with Gasteiger partial charge in [0.05, 0.1) is 0 Å². The van der Waals surface area contributed by atoms with Crippen molar-refractivity contribution in [2.24, 2.45) is 0 Å². The van der Waals surface area contributed by atoms with E-state index in [0.29, 0.717) is 19.8 Å². The van der Waals surface area contributed by atoms with Crippen LogP contribution in [0.3, 0.4) is 0 Å². The molecule has 172 valence electrons. The van der Waals surface area contributed by atoms with Gasteiger partial charge in [-0.1, -0.05) is 13.3 Å². The van der Waals surface area contributed by atoms with E-state index in [9.17, 15) is 0 Å². The van der Waals surface area contributed by atoms with Crippen LogP contribution >= 0.6 is 0 Å². The maximum Gasteiger partial charge on any atom is 0.500 e. The Kier molecular flexibility index (Phi) is 12.0. The number of pyridine rings is 2. The summed E-state index contributed by atoms with van der Waals surface area (Å²) in [5, 5.41) is 0. The first-order valence-electron chi connectivity index (χ1n) is 12.1. The second-order valence-electron chi connectivity index (χ2n) is 7.80. The van der Waals surface area contributed by atoms with Gasteiger partial charge in [-0.2, -0.15) is 0 Å². The number of aromatic nitrogens is 2. The van der Waals surface area contributed by atoms with Gasteiger partial charge >= 0.3 is 8.80 Å². The molecule has 0 saturated heterocycles. The van der Waals surface area contributed by atoms with Gasteiger partial charge in [0.15, 0.2) is 24.8 Å². The topological polar surface area (TPSA) is 35.5 Å². The minimum absolute atomic E-state index is 0.647. The van der Waals surface area contributed by atoms with Crippen molar-refractivity contribution in [3.05, 3.63) is 49.1 Å². The number of nitrogens with zero attached hydrogens (tertiary/aromatic N) is 2. The summed E-state index contributed by atoms with van der Waals surface area (Å²) >= 11 is 0. The van der Waals surface area contributed by atoms with Crippen molar-refractivity contribution in [1.82, 2.24) is 0 Å². The van der Waals surface area contributed by atoms with E-state index < -0.39 is 8.80 Å². The summed E-state index contributed by atoms with van der Waals surface area (Å²) in [6.07, 6.45) is 14.6. The van der Waals surface area contributed by atoms with Gasteiger partial charge in [0.2, 0.25) is 0 Å². The lowest BCUT2D eigenvalue weighted by Crippen LogP contribution is -2.45. The van der Waals surface area contributed by atoms with Crippen LogP contribution in [0, 0.1) is 0 Å². The molecule has 2 aromatic rings. The molecule has 0 aliphatic rings. The molecule has 0 atom stereocenters. The van der Waals surface area contributed by atoms with Crippen molar-refractivity contribution in [3.63, 3.8) is 0 Å². The minimum atomic E-state index is -2.49. The van der Waals surface area contributed by atoms with Crippen LogP contribution in [0.4, 0.5) is 0 Å². The zero-order valence-electron chi connectivity index (χ0n) is 20.0. The molecule has 0 aromatic carbocycles. The third kappa shape index (κ3) is 8.81. The van der Waals surface area contributed by atoms with Gasteiger partial charge in [0, 0.05) is 63.0 Å². The quantitative estimate of drug-likeness (QED) is 0.208. The summed E-state index contributed by atoms with van der Waals surface area (Å²) in [5.41, 5.74) is 2.53. The Balaban J connectivity index is 1.79. The van der Waals surface area contributed by atoms with Gasteiger partial charge in [0.25, 0.3) is 0 Å². The molecule has 0 spiro atoms. The first-order valence-corrected chi connectivity index (χ1v) is 14.0. The van der Waals surface area contributed by atoms with Crippen LogP contribution in [-0.2, 0) is 26.4 Å². The third-order valence-corrected chi connectivity index (χ3v) is 8.53. The molecule has 0 radical (unpaired) electrons. The van der Waals surface area contributed by atoms with Gasteiger partial charge in [-0.05, 0) is 44.7 Å². The van der Waals surface area contributed by atoms with Gasteiger partial charge in [-0.15, -0.1) is 0 Å². The fourth-order valence-electron chi connectivity index (χ4n) is 3.75. The highest BCUT2D eigenvalue weighted by atomic mass is 28.4. The molecule has 0 saturated carbocycles. The lowest BCUT2D eigenvalue weighted by Gasteiger charge is -2.28. The molecule has 5 nitrogen and oxygen atoms in total. The lowest BCUT2D eigenvalue weighted by atomic mass is 10.1. The van der Waals surface area contributed by atoms with Crippen LogP contribution in [0.5, 0.6) is 0 Å². The number of rotatable bonds is 16. The number of hydrogen-bond acceptors (Lipinski definition) is 3. The van der Waals surface area contributed by atoms with Crippen molar-refractivity contribution in [2.45, 2.75) is 78.9 Å². The van der Waals surface area contributed by atoms with Gasteiger partial charge in [0.1, 0.15) is 13.1 Å². The molecule has 0 unspecified atom stereocenters. The van der Waals surface area contributed by atoms with Crippen molar-refractivity contribution in [1.29, 1.82) is 0 Å². The Hall–Kier alpha value is -1.60. The molecular formula is C25H42N2O3Si+2. The molecule has 0 bridgehead atoms. The predicted octanol–water partition coefficient (Wildman–Crippen LogP) is 4.95. The Morgan fingerprint density at radius 1 is 0.613 bits per heavy atom. The normalized spacial score (nSPS) is 11.7. The summed E-state index contributed by atoms with van der Waals surface area (Å²) in [4.78, 5) is 0. The third-order valence-electron chi connectivity index (χ3n) is 5.38. The second kappa shape index (κ2) is 14.5. The van der Waals surface area contributed by atoms with Gasteiger partial charge < -0.3 is 13.3 Å². The zero-order valence-corrected chi connectivity index (χ0v) is 21.0. The van der Waals surface area contributed by atoms with Crippen molar-refractivity contribution >= 4 is 8.80 Å². The number of unbranched alkanes of at least 4 members (excludes halogenated alkanes) is 3. The Morgan fingerprint density at radius 3 is 1.48 bits per heavy atom. The van der Waals surface area contributed by atoms with Crippen molar-refractivity contribution in [3.8, 4) is 11.1 Å². The molecule has 2 heterocycles. The molecule has 0 fully saturated rings. The van der Waals surface area contributed by atoms with E-state index in [1.807, 2.05) is 20.8 Å². The molecule has 0 aliphatic carbocycles. The van der Waals surface area contributed by atoms with Crippen LogP contribution in [-0.4, -0.2) is 28.6 Å². The highest BCUT2D eigenvalue weighted by Gasteiger charge is 2.39. The largest absolute Gasteiger partial charge is 0.500 e. The SMILES string of the molecule is CCCC[n+]1ccc(-c2cc[n+](CCCCC[Si](OCC)(OCC)OCC)cc2)cc1. The summed E-state index contributed by atoms with van der Waals surface area (Å²) in [7, 11) is -2.49. The van der Waals surface area contributed by atoms with Gasteiger partial charge in [-0.3, -0.25) is 0 Å². The highest BCUT2D eigenvalue weighted by molar-refractivity contribution is 6.60. The number of hydrogen-bond donors (Lipinski definition) is 0. The fraction of sp³-hybridized carbons (Fsp3) is 0.600. The smallest absolute Gasteiger partial charge is 0.374 e. The summed E-state index contributed by atoms with van der Waals surface area (Å²) in [5.74, 6) is 0. The predicted molar refractivity (Wildman–Crippen MR) is 126 cm³/mol. The van der Waals surface area contributed by atoms with Crippen LogP contribution in [0.15, 0.2) is 49.1 Å². The average Bonchev–Trinajstić information content (AvgIpc) is 2.79. The molecule has 0 amide bonds. The Morgan fingerprint density at radius 2 is 1.06 bits per heavy atom. The average molecular weight is 447 g/mol. The first-order chi connectivity index (χ1) is 15.2. The highest BCUT2D eigenvalue weighted by Crippen LogP contribution is 2.20. The van der Waals surface area contributed by atoms with E-state index in [1.54, 1.807) is 0 Å². The maximum absolute atomic E-state index is 5.94. The fourth-order valence-corrected chi connectivity index (χ4v) is 6.44. The number of aryl methyl sites for hydroxylation is 2. The summed E-state index contributed by atoms with van der Waals surface area (Å²) in [6, 6.07) is 9.74. The van der Waals surface area contributed by atoms with E-state index >= 15 is 0 Å². The van der Waals surface area contributed by atoms with Crippen molar-refractivity contribution < 1.29 is 22.4 Å². The Labute approximate surface area is 190 Å². The van der Waals surface area contributed by atoms with Crippen LogP contribution in [0.1, 0.15) is 59.8 Å². The monoisotopic (exact) mass is 446 g/mol. The summed E-state index contributed by atoms with van der Waals surface area (Å²) < 4.78 is 22.4. The Bertz CT molecular complexity index is 706. The van der Waals surface area contributed by atoms with Crippen LogP contribution < -0.4 is 9.13 Å². The van der Waals surface area contributed by atoms with Crippen LogP contribution in [0.25, 0.3) is 11.1 Å². The van der Waals surface area contributed by atoms with Gasteiger partial charge in [-0.25, -0.2) is 9.13 Å². The first kappa shape index (κ1) is 25.7. The molecule has 2 aromatic heterocycles.